The van der Waals surface area contributed by atoms with Gasteiger partial charge in [0.15, 0.2) is 5.11 Å². The van der Waals surface area contributed by atoms with Crippen molar-refractivity contribution in [2.75, 3.05) is 11.9 Å². The lowest BCUT2D eigenvalue weighted by Crippen LogP contribution is -2.38. The van der Waals surface area contributed by atoms with E-state index in [1.807, 2.05) is 36.5 Å². The Morgan fingerprint density at radius 1 is 1.24 bits per heavy atom. The van der Waals surface area contributed by atoms with Crippen LogP contribution in [-0.2, 0) is 6.54 Å². The van der Waals surface area contributed by atoms with Crippen molar-refractivity contribution in [2.24, 2.45) is 5.92 Å². The molecule has 0 unspecified atom stereocenters. The lowest BCUT2D eigenvalue weighted by molar-refractivity contribution is 0.319. The molecule has 0 bridgehead atoms. The monoisotopic (exact) mass is 371 g/mol. The summed E-state index contributed by atoms with van der Waals surface area (Å²) in [4.78, 5) is 6.46. The summed E-state index contributed by atoms with van der Waals surface area (Å²) in [5, 5.41) is 4.80. The molecule has 1 aliphatic rings. The van der Waals surface area contributed by atoms with Crippen LogP contribution in [0.3, 0.4) is 0 Å². The summed E-state index contributed by atoms with van der Waals surface area (Å²) in [7, 11) is 0. The van der Waals surface area contributed by atoms with E-state index in [4.69, 9.17) is 23.8 Å². The minimum Gasteiger partial charge on any atom is -0.344 e. The molecule has 2 aromatic rings. The van der Waals surface area contributed by atoms with Crippen LogP contribution in [0.25, 0.3) is 0 Å². The van der Waals surface area contributed by atoms with E-state index in [0.29, 0.717) is 5.92 Å². The first-order chi connectivity index (χ1) is 12.2. The second kappa shape index (κ2) is 8.97. The third-order valence-corrected chi connectivity index (χ3v) is 4.95. The summed E-state index contributed by atoms with van der Waals surface area (Å²) in [6.07, 6.45) is 11.7. The first-order valence-electron chi connectivity index (χ1n) is 8.56. The van der Waals surface area contributed by atoms with Crippen molar-refractivity contribution >= 4 is 34.6 Å². The number of nitrogens with zero attached hydrogens (tertiary/aromatic N) is 2. The number of hydrogen-bond donors (Lipinski definition) is 1. The quantitative estimate of drug-likeness (QED) is 0.571. The lowest BCUT2D eigenvalue weighted by Gasteiger charge is -2.30. The molecule has 1 atom stereocenters. The molecule has 3 rings (SSSR count). The van der Waals surface area contributed by atoms with E-state index in [2.05, 4.69) is 33.4 Å². The number of rotatable bonds is 5. The van der Waals surface area contributed by atoms with Gasteiger partial charge < -0.3 is 10.2 Å². The molecule has 3 nitrogen and oxygen atoms in total. The zero-order valence-electron chi connectivity index (χ0n) is 14.1. The molecule has 0 spiro atoms. The highest BCUT2D eigenvalue weighted by Gasteiger charge is 2.18. The van der Waals surface area contributed by atoms with E-state index < -0.39 is 0 Å². The van der Waals surface area contributed by atoms with Crippen LogP contribution in [0.1, 0.15) is 24.8 Å². The average molecular weight is 372 g/mol. The van der Waals surface area contributed by atoms with E-state index >= 15 is 0 Å². The Morgan fingerprint density at radius 3 is 2.76 bits per heavy atom. The number of thiocarbonyl (C=S) groups is 1. The van der Waals surface area contributed by atoms with Crippen LogP contribution in [0.15, 0.2) is 60.9 Å². The van der Waals surface area contributed by atoms with Gasteiger partial charge in [0, 0.05) is 36.2 Å². The van der Waals surface area contributed by atoms with Crippen LogP contribution in [0.2, 0.25) is 5.02 Å². The molecule has 5 heteroatoms. The van der Waals surface area contributed by atoms with E-state index in [0.717, 1.165) is 47.3 Å². The Bertz CT molecular complexity index is 715. The molecule has 1 aliphatic carbocycles. The maximum atomic E-state index is 5.96. The molecule has 1 aromatic heterocycles. The molecule has 1 N–H and O–H groups in total. The molecule has 0 saturated carbocycles. The van der Waals surface area contributed by atoms with Crippen LogP contribution in [0, 0.1) is 5.92 Å². The molecule has 130 valence electrons. The molecular formula is C20H22ClN3S. The number of benzene rings is 1. The SMILES string of the molecule is S=C(Nc1ccc(Cl)cc1)N(Cc1cccnc1)C[C@H]1CC=CCC1. The Hall–Kier alpha value is -1.91. The molecule has 25 heavy (non-hydrogen) atoms. The van der Waals surface area contributed by atoms with Crippen molar-refractivity contribution in [3.8, 4) is 0 Å². The predicted octanol–water partition coefficient (Wildman–Crippen LogP) is 5.29. The number of pyridine rings is 1. The molecule has 0 aliphatic heterocycles. The molecule has 0 amide bonds. The minimum absolute atomic E-state index is 0.631. The number of aromatic nitrogens is 1. The largest absolute Gasteiger partial charge is 0.344 e. The molecule has 1 heterocycles. The van der Waals surface area contributed by atoms with Crippen LogP contribution in [-0.4, -0.2) is 21.5 Å². The maximum absolute atomic E-state index is 5.96. The van der Waals surface area contributed by atoms with Gasteiger partial charge in [-0.25, -0.2) is 0 Å². The molecule has 1 aromatic carbocycles. The first kappa shape index (κ1) is 17.9. The van der Waals surface area contributed by atoms with E-state index in [1.54, 1.807) is 6.20 Å². The van der Waals surface area contributed by atoms with Crippen molar-refractivity contribution in [3.63, 3.8) is 0 Å². The number of anilines is 1. The second-order valence-electron chi connectivity index (χ2n) is 6.33. The minimum atomic E-state index is 0.631. The summed E-state index contributed by atoms with van der Waals surface area (Å²) in [6, 6.07) is 11.7. The fourth-order valence-corrected chi connectivity index (χ4v) is 3.38. The highest BCUT2D eigenvalue weighted by molar-refractivity contribution is 7.80. The molecule has 0 saturated heterocycles. The topological polar surface area (TPSA) is 28.2 Å². The van der Waals surface area contributed by atoms with Gasteiger partial charge in [0.1, 0.15) is 0 Å². The number of nitrogens with one attached hydrogen (secondary N) is 1. The summed E-state index contributed by atoms with van der Waals surface area (Å²) in [5.74, 6) is 0.631. The molecular weight excluding hydrogens is 350 g/mol. The Balaban J connectivity index is 1.70. The molecule has 0 fully saturated rings. The van der Waals surface area contributed by atoms with Crippen molar-refractivity contribution in [1.82, 2.24) is 9.88 Å². The smallest absolute Gasteiger partial charge is 0.173 e. The Labute approximate surface area is 159 Å². The maximum Gasteiger partial charge on any atom is 0.173 e. The van der Waals surface area contributed by atoms with Crippen LogP contribution < -0.4 is 5.32 Å². The van der Waals surface area contributed by atoms with Gasteiger partial charge in [-0.1, -0.05) is 29.8 Å². The van der Waals surface area contributed by atoms with Crippen molar-refractivity contribution in [2.45, 2.75) is 25.8 Å². The fraction of sp³-hybridized carbons (Fsp3) is 0.300. The van der Waals surface area contributed by atoms with Gasteiger partial charge in [0.2, 0.25) is 0 Å². The highest BCUT2D eigenvalue weighted by atomic mass is 35.5. The third kappa shape index (κ3) is 5.55. The van der Waals surface area contributed by atoms with Crippen LogP contribution >= 0.6 is 23.8 Å². The van der Waals surface area contributed by atoms with E-state index in [-0.39, 0.29) is 0 Å². The van der Waals surface area contributed by atoms with Crippen molar-refractivity contribution in [1.29, 1.82) is 0 Å². The van der Waals surface area contributed by atoms with Gasteiger partial charge in [-0.2, -0.15) is 0 Å². The predicted molar refractivity (Wildman–Crippen MR) is 109 cm³/mol. The number of allylic oxidation sites excluding steroid dienone is 2. The van der Waals surface area contributed by atoms with Gasteiger partial charge in [-0.15, -0.1) is 0 Å². The normalized spacial score (nSPS) is 16.4. The van der Waals surface area contributed by atoms with E-state index in [1.165, 1.54) is 6.42 Å². The van der Waals surface area contributed by atoms with Gasteiger partial charge >= 0.3 is 0 Å². The Kier molecular flexibility index (Phi) is 6.42. The number of hydrogen-bond acceptors (Lipinski definition) is 2. The first-order valence-corrected chi connectivity index (χ1v) is 9.35. The zero-order chi connectivity index (χ0) is 17.5. The average Bonchev–Trinajstić information content (AvgIpc) is 2.65. The zero-order valence-corrected chi connectivity index (χ0v) is 15.6. The van der Waals surface area contributed by atoms with Crippen molar-refractivity contribution < 1.29 is 0 Å². The van der Waals surface area contributed by atoms with Gasteiger partial charge in [-0.3, -0.25) is 4.98 Å². The van der Waals surface area contributed by atoms with E-state index in [9.17, 15) is 0 Å². The van der Waals surface area contributed by atoms with Gasteiger partial charge in [0.05, 0.1) is 0 Å². The summed E-state index contributed by atoms with van der Waals surface area (Å²) < 4.78 is 0. The van der Waals surface area contributed by atoms with Gasteiger partial charge in [0.25, 0.3) is 0 Å². The van der Waals surface area contributed by atoms with Gasteiger partial charge in [-0.05, 0) is 73.3 Å². The lowest BCUT2D eigenvalue weighted by atomic mass is 9.94. The van der Waals surface area contributed by atoms with Crippen LogP contribution in [0.5, 0.6) is 0 Å². The standard InChI is InChI=1S/C20H22ClN3S/c21-18-8-10-19(11-9-18)23-20(25)24(14-16-5-2-1-3-6-16)15-17-7-4-12-22-13-17/h1-2,4,7-13,16H,3,5-6,14-15H2,(H,23,25)/t16-/m0/s1. The Morgan fingerprint density at radius 2 is 2.08 bits per heavy atom. The summed E-state index contributed by atoms with van der Waals surface area (Å²) in [6.45, 7) is 1.70. The van der Waals surface area contributed by atoms with Crippen molar-refractivity contribution in [3.05, 3.63) is 71.5 Å². The summed E-state index contributed by atoms with van der Waals surface area (Å²) >= 11 is 11.7. The molecule has 0 radical (unpaired) electrons. The van der Waals surface area contributed by atoms with Crippen LogP contribution in [0.4, 0.5) is 5.69 Å². The highest BCUT2D eigenvalue weighted by Crippen LogP contribution is 2.21. The second-order valence-corrected chi connectivity index (χ2v) is 7.15. The third-order valence-electron chi connectivity index (χ3n) is 4.34. The summed E-state index contributed by atoms with van der Waals surface area (Å²) in [5.41, 5.74) is 2.11. The fourth-order valence-electron chi connectivity index (χ4n) is 3.00. The number of halogens is 1.